The maximum Gasteiger partial charge on any atom is 0.255 e. The van der Waals surface area contributed by atoms with Crippen LogP contribution in [0.2, 0.25) is 5.02 Å². The zero-order chi connectivity index (χ0) is 19.4. The topological polar surface area (TPSA) is 63.2 Å². The van der Waals surface area contributed by atoms with E-state index < -0.39 is 5.82 Å². The minimum Gasteiger partial charge on any atom is -0.495 e. The first-order valence-corrected chi connectivity index (χ1v) is 8.49. The summed E-state index contributed by atoms with van der Waals surface area (Å²) in [5.74, 6) is 0.0502. The highest BCUT2D eigenvalue weighted by atomic mass is 35.5. The van der Waals surface area contributed by atoms with Gasteiger partial charge in [0.25, 0.3) is 5.91 Å². The second-order valence-electron chi connectivity index (χ2n) is 5.79. The van der Waals surface area contributed by atoms with Gasteiger partial charge in [-0.05, 0) is 42.8 Å². The Morgan fingerprint density at radius 2 is 1.93 bits per heavy atom. The van der Waals surface area contributed by atoms with E-state index in [1.807, 2.05) is 6.92 Å². The molecule has 5 nitrogen and oxygen atoms in total. The summed E-state index contributed by atoms with van der Waals surface area (Å²) < 4.78 is 19.0. The number of ether oxygens (including phenoxy) is 1. The Labute approximate surface area is 161 Å². The van der Waals surface area contributed by atoms with Gasteiger partial charge in [0.05, 0.1) is 18.5 Å². The van der Waals surface area contributed by atoms with Gasteiger partial charge in [0, 0.05) is 22.8 Å². The molecule has 3 rings (SSSR count). The highest BCUT2D eigenvalue weighted by Crippen LogP contribution is 2.31. The summed E-state index contributed by atoms with van der Waals surface area (Å²) in [5.41, 5.74) is 1.95. The number of pyridine rings is 1. The normalized spacial score (nSPS) is 10.4. The molecule has 0 unspecified atom stereocenters. The second-order valence-corrected chi connectivity index (χ2v) is 6.20. The van der Waals surface area contributed by atoms with Crippen LogP contribution in [0.1, 0.15) is 15.9 Å². The number of methoxy groups -OCH3 is 1. The number of anilines is 3. The summed E-state index contributed by atoms with van der Waals surface area (Å²) in [7, 11) is 1.50. The molecule has 0 aliphatic carbocycles. The number of amides is 1. The van der Waals surface area contributed by atoms with Crippen molar-refractivity contribution in [2.24, 2.45) is 0 Å². The van der Waals surface area contributed by atoms with Gasteiger partial charge in [0.1, 0.15) is 17.4 Å². The van der Waals surface area contributed by atoms with Gasteiger partial charge >= 0.3 is 0 Å². The molecular weight excluding hydrogens is 369 g/mol. The van der Waals surface area contributed by atoms with Gasteiger partial charge < -0.3 is 15.4 Å². The number of para-hydroxylation sites is 1. The van der Waals surface area contributed by atoms with Crippen molar-refractivity contribution in [2.45, 2.75) is 6.92 Å². The number of hydrogen-bond acceptors (Lipinski definition) is 4. The fourth-order valence-electron chi connectivity index (χ4n) is 2.47. The van der Waals surface area contributed by atoms with Crippen LogP contribution in [0.3, 0.4) is 0 Å². The minimum absolute atomic E-state index is 0.276. The number of rotatable bonds is 5. The van der Waals surface area contributed by atoms with E-state index in [-0.39, 0.29) is 11.6 Å². The van der Waals surface area contributed by atoms with Gasteiger partial charge in [-0.3, -0.25) is 4.79 Å². The number of nitrogens with one attached hydrogen (secondary N) is 2. The molecule has 0 aliphatic rings. The van der Waals surface area contributed by atoms with E-state index in [1.165, 1.54) is 25.4 Å². The average Bonchev–Trinajstić information content (AvgIpc) is 2.66. The predicted molar refractivity (Wildman–Crippen MR) is 105 cm³/mol. The molecule has 1 aromatic heterocycles. The highest BCUT2D eigenvalue weighted by molar-refractivity contribution is 6.31. The first kappa shape index (κ1) is 18.7. The van der Waals surface area contributed by atoms with Crippen LogP contribution in [-0.4, -0.2) is 18.0 Å². The first-order valence-electron chi connectivity index (χ1n) is 8.11. The number of carbonyl (C=O) groups is 1. The first-order chi connectivity index (χ1) is 13.0. The largest absolute Gasteiger partial charge is 0.495 e. The monoisotopic (exact) mass is 385 g/mol. The Balaban J connectivity index is 1.82. The lowest BCUT2D eigenvalue weighted by molar-refractivity contribution is 0.102. The third-order valence-electron chi connectivity index (χ3n) is 3.89. The maximum atomic E-state index is 13.8. The second kappa shape index (κ2) is 8.05. The molecule has 0 saturated heterocycles. The molecule has 0 fully saturated rings. The molecule has 1 heterocycles. The minimum atomic E-state index is -0.407. The zero-order valence-corrected chi connectivity index (χ0v) is 15.5. The van der Waals surface area contributed by atoms with Crippen LogP contribution in [0.4, 0.5) is 21.6 Å². The lowest BCUT2D eigenvalue weighted by Gasteiger charge is -2.13. The smallest absolute Gasteiger partial charge is 0.255 e. The fourth-order valence-corrected chi connectivity index (χ4v) is 2.62. The van der Waals surface area contributed by atoms with Gasteiger partial charge in [0.15, 0.2) is 0 Å². The molecule has 7 heteroatoms. The molecule has 1 amide bonds. The molecule has 2 N–H and O–H groups in total. The molecular formula is C20H17ClFN3O2. The van der Waals surface area contributed by atoms with Crippen molar-refractivity contribution in [3.05, 3.63) is 76.7 Å². The van der Waals surface area contributed by atoms with Gasteiger partial charge in [-0.2, -0.15) is 0 Å². The number of aryl methyl sites for hydroxylation is 1. The third kappa shape index (κ3) is 4.35. The average molecular weight is 386 g/mol. The Kier molecular flexibility index (Phi) is 5.57. The highest BCUT2D eigenvalue weighted by Gasteiger charge is 2.13. The Morgan fingerprint density at radius 1 is 1.15 bits per heavy atom. The lowest BCUT2D eigenvalue weighted by Crippen LogP contribution is -2.13. The number of benzene rings is 2. The lowest BCUT2D eigenvalue weighted by atomic mass is 10.2. The molecule has 0 radical (unpaired) electrons. The summed E-state index contributed by atoms with van der Waals surface area (Å²) in [6.45, 7) is 1.83. The number of halogens is 2. The van der Waals surface area contributed by atoms with E-state index in [4.69, 9.17) is 16.3 Å². The van der Waals surface area contributed by atoms with Crippen LogP contribution in [0.25, 0.3) is 0 Å². The van der Waals surface area contributed by atoms with Crippen LogP contribution in [0.15, 0.2) is 54.7 Å². The quantitative estimate of drug-likeness (QED) is 0.634. The van der Waals surface area contributed by atoms with Crippen LogP contribution < -0.4 is 15.4 Å². The SMILES string of the molecule is COc1cc(Cl)c(C)cc1NC(=O)c1ccnc(Nc2ccccc2F)c1. The maximum absolute atomic E-state index is 13.8. The van der Waals surface area contributed by atoms with Crippen molar-refractivity contribution in [3.63, 3.8) is 0 Å². The van der Waals surface area contributed by atoms with Crippen molar-refractivity contribution in [3.8, 4) is 5.75 Å². The van der Waals surface area contributed by atoms with Crippen LogP contribution >= 0.6 is 11.6 Å². The van der Waals surface area contributed by atoms with E-state index in [0.717, 1.165) is 5.56 Å². The van der Waals surface area contributed by atoms with E-state index >= 15 is 0 Å². The fraction of sp³-hybridized carbons (Fsp3) is 0.100. The van der Waals surface area contributed by atoms with Crippen molar-refractivity contribution >= 4 is 34.7 Å². The van der Waals surface area contributed by atoms with E-state index in [1.54, 1.807) is 36.4 Å². The molecule has 0 atom stereocenters. The summed E-state index contributed by atoms with van der Waals surface area (Å²) in [5, 5.41) is 6.20. The third-order valence-corrected chi connectivity index (χ3v) is 4.29. The molecule has 0 saturated carbocycles. The van der Waals surface area contributed by atoms with E-state index in [0.29, 0.717) is 27.8 Å². The van der Waals surface area contributed by atoms with Crippen molar-refractivity contribution in [1.29, 1.82) is 0 Å². The van der Waals surface area contributed by atoms with Gasteiger partial charge in [-0.25, -0.2) is 9.37 Å². The molecule has 0 bridgehead atoms. The van der Waals surface area contributed by atoms with Gasteiger partial charge in [-0.1, -0.05) is 23.7 Å². The Morgan fingerprint density at radius 3 is 2.67 bits per heavy atom. The number of aromatic nitrogens is 1. The number of hydrogen-bond donors (Lipinski definition) is 2. The number of carbonyl (C=O) groups excluding carboxylic acids is 1. The van der Waals surface area contributed by atoms with Crippen molar-refractivity contribution < 1.29 is 13.9 Å². The van der Waals surface area contributed by atoms with E-state index in [9.17, 15) is 9.18 Å². The Bertz CT molecular complexity index is 995. The van der Waals surface area contributed by atoms with Crippen LogP contribution in [-0.2, 0) is 0 Å². The van der Waals surface area contributed by atoms with Crippen molar-refractivity contribution in [1.82, 2.24) is 4.98 Å². The number of nitrogens with zero attached hydrogens (tertiary/aromatic N) is 1. The summed E-state index contributed by atoms with van der Waals surface area (Å²) in [6.07, 6.45) is 1.47. The summed E-state index contributed by atoms with van der Waals surface area (Å²) >= 11 is 6.09. The molecule has 27 heavy (non-hydrogen) atoms. The summed E-state index contributed by atoms with van der Waals surface area (Å²) in [6, 6.07) is 12.7. The van der Waals surface area contributed by atoms with Gasteiger partial charge in [0.2, 0.25) is 0 Å². The van der Waals surface area contributed by atoms with Crippen LogP contribution in [0, 0.1) is 12.7 Å². The van der Waals surface area contributed by atoms with Crippen molar-refractivity contribution in [2.75, 3.05) is 17.7 Å². The standard InChI is InChI=1S/C20H17ClFN3O2/c1-12-9-17(18(27-2)11-14(12)21)25-20(26)13-7-8-23-19(10-13)24-16-6-4-3-5-15(16)22/h3-11H,1-2H3,(H,23,24)(H,25,26). The summed E-state index contributed by atoms with van der Waals surface area (Å²) in [4.78, 5) is 16.7. The van der Waals surface area contributed by atoms with Gasteiger partial charge in [-0.15, -0.1) is 0 Å². The van der Waals surface area contributed by atoms with E-state index in [2.05, 4.69) is 15.6 Å². The molecule has 3 aromatic rings. The molecule has 2 aromatic carbocycles. The zero-order valence-electron chi connectivity index (χ0n) is 14.7. The Hall–Kier alpha value is -3.12. The molecule has 0 spiro atoms. The molecule has 138 valence electrons. The van der Waals surface area contributed by atoms with Crippen LogP contribution in [0.5, 0.6) is 5.75 Å². The predicted octanol–water partition coefficient (Wildman–Crippen LogP) is 5.19. The molecule has 0 aliphatic heterocycles.